The van der Waals surface area contributed by atoms with Gasteiger partial charge < -0.3 is 5.11 Å². The first-order chi connectivity index (χ1) is 7.56. The van der Waals surface area contributed by atoms with E-state index in [2.05, 4.69) is 23.7 Å². The minimum Gasteiger partial charge on any atom is -0.476 e. The highest BCUT2D eigenvalue weighted by Crippen LogP contribution is 2.25. The number of carbonyl (C=O) groups is 1. The Morgan fingerprint density at radius 1 is 1.69 bits per heavy atom. The molecule has 2 heterocycles. The van der Waals surface area contributed by atoms with Crippen LogP contribution >= 0.6 is 11.3 Å². The molecule has 0 bridgehead atoms. The monoisotopic (exact) mass is 240 g/mol. The maximum atomic E-state index is 10.7. The van der Waals surface area contributed by atoms with Gasteiger partial charge in [-0.15, -0.1) is 11.3 Å². The third-order valence-corrected chi connectivity index (χ3v) is 3.89. The van der Waals surface area contributed by atoms with Crippen molar-refractivity contribution in [1.29, 1.82) is 0 Å². The molecule has 0 radical (unpaired) electrons. The SMILES string of the molecule is CC(C)C1CN(Cc2nc(C(=O)O)cs2)C1. The Labute approximate surface area is 98.9 Å². The second-order valence-corrected chi connectivity index (χ2v) is 5.57. The van der Waals surface area contributed by atoms with Gasteiger partial charge >= 0.3 is 5.97 Å². The summed E-state index contributed by atoms with van der Waals surface area (Å²) in [6.07, 6.45) is 0. The molecule has 1 aliphatic rings. The van der Waals surface area contributed by atoms with Crippen LogP contribution < -0.4 is 0 Å². The summed E-state index contributed by atoms with van der Waals surface area (Å²) >= 11 is 1.43. The number of likely N-dealkylation sites (tertiary alicyclic amines) is 1. The van der Waals surface area contributed by atoms with E-state index >= 15 is 0 Å². The standard InChI is InChI=1S/C11H16N2O2S/c1-7(2)8-3-13(4-8)5-10-12-9(6-16-10)11(14)15/h6-8H,3-5H2,1-2H3,(H,14,15). The van der Waals surface area contributed by atoms with Crippen LogP contribution in [-0.2, 0) is 6.54 Å². The highest BCUT2D eigenvalue weighted by molar-refractivity contribution is 7.09. The van der Waals surface area contributed by atoms with Gasteiger partial charge in [0.25, 0.3) is 0 Å². The van der Waals surface area contributed by atoms with Gasteiger partial charge in [0.15, 0.2) is 5.69 Å². The van der Waals surface area contributed by atoms with E-state index in [1.165, 1.54) is 11.3 Å². The molecule has 1 fully saturated rings. The van der Waals surface area contributed by atoms with Crippen LogP contribution in [0.15, 0.2) is 5.38 Å². The van der Waals surface area contributed by atoms with Crippen LogP contribution in [0.5, 0.6) is 0 Å². The molecule has 0 atom stereocenters. The van der Waals surface area contributed by atoms with Crippen molar-refractivity contribution in [3.8, 4) is 0 Å². The summed E-state index contributed by atoms with van der Waals surface area (Å²) in [5.74, 6) is 0.590. The number of hydrogen-bond acceptors (Lipinski definition) is 4. The zero-order valence-electron chi connectivity index (χ0n) is 9.51. The van der Waals surface area contributed by atoms with Gasteiger partial charge in [-0.2, -0.15) is 0 Å². The molecule has 16 heavy (non-hydrogen) atoms. The molecule has 5 heteroatoms. The summed E-state index contributed by atoms with van der Waals surface area (Å²) in [7, 11) is 0. The van der Waals surface area contributed by atoms with E-state index in [4.69, 9.17) is 5.11 Å². The van der Waals surface area contributed by atoms with Crippen LogP contribution in [0.2, 0.25) is 0 Å². The summed E-state index contributed by atoms with van der Waals surface area (Å²) < 4.78 is 0. The Balaban J connectivity index is 1.84. The summed E-state index contributed by atoms with van der Waals surface area (Å²) in [6, 6.07) is 0. The molecule has 0 amide bonds. The fourth-order valence-electron chi connectivity index (χ4n) is 1.83. The smallest absolute Gasteiger partial charge is 0.355 e. The molecule has 1 aromatic heterocycles. The minimum atomic E-state index is -0.939. The van der Waals surface area contributed by atoms with Crippen LogP contribution in [0.3, 0.4) is 0 Å². The normalized spacial score (nSPS) is 17.7. The van der Waals surface area contributed by atoms with Gasteiger partial charge in [-0.1, -0.05) is 13.8 Å². The lowest BCUT2D eigenvalue weighted by molar-refractivity contribution is 0.0609. The van der Waals surface area contributed by atoms with Gasteiger partial charge in [-0.25, -0.2) is 9.78 Å². The van der Waals surface area contributed by atoms with Crippen LogP contribution in [0.1, 0.15) is 29.3 Å². The van der Waals surface area contributed by atoms with Crippen molar-refractivity contribution in [2.45, 2.75) is 20.4 Å². The van der Waals surface area contributed by atoms with Gasteiger partial charge in [0.2, 0.25) is 0 Å². The van der Waals surface area contributed by atoms with Crippen molar-refractivity contribution in [3.63, 3.8) is 0 Å². The maximum absolute atomic E-state index is 10.7. The lowest BCUT2D eigenvalue weighted by Crippen LogP contribution is -2.48. The second-order valence-electron chi connectivity index (χ2n) is 4.63. The molecule has 0 spiro atoms. The number of thiazole rings is 1. The number of carboxylic acids is 1. The first-order valence-electron chi connectivity index (χ1n) is 5.46. The predicted octanol–water partition coefficient (Wildman–Crippen LogP) is 1.93. The number of nitrogens with zero attached hydrogens (tertiary/aromatic N) is 2. The van der Waals surface area contributed by atoms with E-state index in [9.17, 15) is 4.79 Å². The lowest BCUT2D eigenvalue weighted by Gasteiger charge is -2.41. The molecular formula is C11H16N2O2S. The number of aromatic nitrogens is 1. The number of rotatable bonds is 4. The summed E-state index contributed by atoms with van der Waals surface area (Å²) in [5.41, 5.74) is 0.168. The van der Waals surface area contributed by atoms with Gasteiger partial charge in [0, 0.05) is 18.5 Å². The molecule has 0 unspecified atom stereocenters. The third kappa shape index (κ3) is 2.41. The number of hydrogen-bond donors (Lipinski definition) is 1. The number of aromatic carboxylic acids is 1. The Hall–Kier alpha value is -0.940. The van der Waals surface area contributed by atoms with Crippen LogP contribution in [-0.4, -0.2) is 34.0 Å². The Morgan fingerprint density at radius 2 is 2.38 bits per heavy atom. The Bertz CT molecular complexity index is 383. The molecule has 2 rings (SSSR count). The topological polar surface area (TPSA) is 53.4 Å². The molecule has 4 nitrogen and oxygen atoms in total. The third-order valence-electron chi connectivity index (χ3n) is 3.06. The van der Waals surface area contributed by atoms with Gasteiger partial charge in [-0.05, 0) is 11.8 Å². The zero-order valence-corrected chi connectivity index (χ0v) is 10.3. The molecule has 0 saturated carbocycles. The first kappa shape index (κ1) is 11.5. The molecule has 1 aromatic rings. The van der Waals surface area contributed by atoms with E-state index in [1.807, 2.05) is 0 Å². The van der Waals surface area contributed by atoms with Gasteiger partial charge in [0.1, 0.15) is 5.01 Å². The van der Waals surface area contributed by atoms with Crippen molar-refractivity contribution >= 4 is 17.3 Å². The maximum Gasteiger partial charge on any atom is 0.355 e. The van der Waals surface area contributed by atoms with E-state index in [-0.39, 0.29) is 5.69 Å². The molecule has 0 aromatic carbocycles. The first-order valence-corrected chi connectivity index (χ1v) is 6.34. The zero-order chi connectivity index (χ0) is 11.7. The minimum absolute atomic E-state index is 0.168. The largest absolute Gasteiger partial charge is 0.476 e. The van der Waals surface area contributed by atoms with Crippen molar-refractivity contribution in [1.82, 2.24) is 9.88 Å². The van der Waals surface area contributed by atoms with E-state index in [0.29, 0.717) is 0 Å². The quantitative estimate of drug-likeness (QED) is 0.873. The molecule has 0 aliphatic carbocycles. The van der Waals surface area contributed by atoms with E-state index in [0.717, 1.165) is 36.5 Å². The molecule has 88 valence electrons. The van der Waals surface area contributed by atoms with E-state index < -0.39 is 5.97 Å². The molecule has 1 N–H and O–H groups in total. The average molecular weight is 240 g/mol. The molecule has 1 aliphatic heterocycles. The summed E-state index contributed by atoms with van der Waals surface area (Å²) in [5, 5.41) is 11.3. The van der Waals surface area contributed by atoms with Crippen molar-refractivity contribution in [2.75, 3.05) is 13.1 Å². The van der Waals surface area contributed by atoms with E-state index in [1.54, 1.807) is 5.38 Å². The molecular weight excluding hydrogens is 224 g/mol. The fraction of sp³-hybridized carbons (Fsp3) is 0.636. The Kier molecular flexibility index (Phi) is 3.25. The van der Waals surface area contributed by atoms with Crippen molar-refractivity contribution in [3.05, 3.63) is 16.1 Å². The van der Waals surface area contributed by atoms with Crippen LogP contribution in [0.25, 0.3) is 0 Å². The summed E-state index contributed by atoms with van der Waals surface area (Å²) in [6.45, 7) is 7.50. The highest BCUT2D eigenvalue weighted by Gasteiger charge is 2.29. The summed E-state index contributed by atoms with van der Waals surface area (Å²) in [4.78, 5) is 17.0. The lowest BCUT2D eigenvalue weighted by atomic mass is 9.88. The Morgan fingerprint density at radius 3 is 2.88 bits per heavy atom. The number of carboxylic acid groups (broad SMARTS) is 1. The predicted molar refractivity (Wildman–Crippen MR) is 62.7 cm³/mol. The van der Waals surface area contributed by atoms with Gasteiger partial charge in [0.05, 0.1) is 6.54 Å². The van der Waals surface area contributed by atoms with Crippen LogP contribution in [0.4, 0.5) is 0 Å². The average Bonchev–Trinajstić information content (AvgIpc) is 2.58. The fourth-order valence-corrected chi connectivity index (χ4v) is 2.64. The van der Waals surface area contributed by atoms with Crippen LogP contribution in [0, 0.1) is 11.8 Å². The molecule has 1 saturated heterocycles. The van der Waals surface area contributed by atoms with Crippen molar-refractivity contribution in [2.24, 2.45) is 11.8 Å². The highest BCUT2D eigenvalue weighted by atomic mass is 32.1. The second kappa shape index (κ2) is 4.51. The van der Waals surface area contributed by atoms with Crippen molar-refractivity contribution < 1.29 is 9.90 Å². The van der Waals surface area contributed by atoms with Gasteiger partial charge in [-0.3, -0.25) is 4.90 Å².